The Labute approximate surface area is 171 Å². The summed E-state index contributed by atoms with van der Waals surface area (Å²) in [6.07, 6.45) is 2.11. The molecular formula is C22H32N4O3. The molecule has 1 saturated carbocycles. The molecule has 1 saturated heterocycles. The molecule has 2 aromatic rings. The fraction of sp³-hybridized carbons (Fsp3) is 0.636. The summed E-state index contributed by atoms with van der Waals surface area (Å²) in [4.78, 5) is 31.4. The van der Waals surface area contributed by atoms with Crippen LogP contribution in [0.25, 0.3) is 11.0 Å². The van der Waals surface area contributed by atoms with Gasteiger partial charge in [-0.2, -0.15) is 0 Å². The van der Waals surface area contributed by atoms with Crippen LogP contribution in [0.3, 0.4) is 0 Å². The van der Waals surface area contributed by atoms with Crippen LogP contribution in [0, 0.1) is 5.92 Å². The number of imidazole rings is 1. The summed E-state index contributed by atoms with van der Waals surface area (Å²) < 4.78 is 7.21. The van der Waals surface area contributed by atoms with Crippen LogP contribution in [0.2, 0.25) is 0 Å². The molecule has 4 rings (SSSR count). The molecular weight excluding hydrogens is 368 g/mol. The monoisotopic (exact) mass is 400 g/mol. The minimum absolute atomic E-state index is 0.0498. The predicted molar refractivity (Wildman–Crippen MR) is 113 cm³/mol. The third kappa shape index (κ3) is 4.20. The van der Waals surface area contributed by atoms with E-state index in [-0.39, 0.29) is 11.8 Å². The summed E-state index contributed by atoms with van der Waals surface area (Å²) >= 11 is 0. The van der Waals surface area contributed by atoms with E-state index >= 15 is 0 Å². The molecule has 158 valence electrons. The highest BCUT2D eigenvalue weighted by Gasteiger charge is 2.34. The molecule has 0 unspecified atom stereocenters. The van der Waals surface area contributed by atoms with Crippen molar-refractivity contribution in [2.24, 2.45) is 13.0 Å². The van der Waals surface area contributed by atoms with Gasteiger partial charge in [0.25, 0.3) is 0 Å². The van der Waals surface area contributed by atoms with Gasteiger partial charge < -0.3 is 14.6 Å². The number of hydrogen-bond donors (Lipinski definition) is 1. The van der Waals surface area contributed by atoms with Crippen molar-refractivity contribution in [1.82, 2.24) is 19.4 Å². The molecule has 0 bridgehead atoms. The van der Waals surface area contributed by atoms with E-state index in [2.05, 4.69) is 16.0 Å². The minimum atomic E-state index is -0.443. The van der Waals surface area contributed by atoms with Crippen molar-refractivity contribution < 1.29 is 9.53 Å². The summed E-state index contributed by atoms with van der Waals surface area (Å²) in [5.41, 5.74) is 2.77. The first-order valence-corrected chi connectivity index (χ1v) is 10.6. The molecule has 7 heteroatoms. The largest absolute Gasteiger partial charge is 0.444 e. The number of fused-ring (bicyclic) bond motifs is 1. The van der Waals surface area contributed by atoms with Crippen LogP contribution in [0.4, 0.5) is 4.79 Å². The summed E-state index contributed by atoms with van der Waals surface area (Å²) in [6, 6.07) is 6.17. The zero-order valence-electron chi connectivity index (χ0n) is 17.9. The molecule has 2 heterocycles. The maximum Gasteiger partial charge on any atom is 0.410 e. The van der Waals surface area contributed by atoms with Gasteiger partial charge in [-0.1, -0.05) is 12.1 Å². The van der Waals surface area contributed by atoms with Gasteiger partial charge in [-0.05, 0) is 57.1 Å². The second-order valence-electron chi connectivity index (χ2n) is 9.53. The van der Waals surface area contributed by atoms with E-state index in [4.69, 9.17) is 4.74 Å². The molecule has 1 aliphatic carbocycles. The number of aromatic amines is 1. The van der Waals surface area contributed by atoms with E-state index in [0.29, 0.717) is 11.8 Å². The summed E-state index contributed by atoms with van der Waals surface area (Å²) in [5, 5.41) is 0. The van der Waals surface area contributed by atoms with Crippen molar-refractivity contribution in [3.63, 3.8) is 0 Å². The Hall–Kier alpha value is -2.28. The molecule has 0 radical (unpaired) electrons. The van der Waals surface area contributed by atoms with Crippen molar-refractivity contribution >= 4 is 17.1 Å². The third-order valence-corrected chi connectivity index (χ3v) is 6.16. The van der Waals surface area contributed by atoms with E-state index in [1.165, 1.54) is 5.56 Å². The molecule has 1 aliphatic heterocycles. The Morgan fingerprint density at radius 1 is 1.17 bits per heavy atom. The molecule has 1 N–H and O–H groups in total. The average Bonchev–Trinajstić information content (AvgIpc) is 2.91. The molecule has 1 amide bonds. The first-order valence-electron chi connectivity index (χ1n) is 10.6. The van der Waals surface area contributed by atoms with Gasteiger partial charge in [0, 0.05) is 39.8 Å². The number of nitrogens with one attached hydrogen (secondary N) is 1. The number of para-hydroxylation sites is 1. The Morgan fingerprint density at radius 3 is 2.52 bits per heavy atom. The predicted octanol–water partition coefficient (Wildman–Crippen LogP) is 2.91. The number of carbonyl (C=O) groups excluding carboxylic acids is 1. The fourth-order valence-electron chi connectivity index (χ4n) is 4.61. The number of aryl methyl sites for hydroxylation is 1. The minimum Gasteiger partial charge on any atom is -0.444 e. The number of amides is 1. The topological polar surface area (TPSA) is 70.6 Å². The quantitative estimate of drug-likeness (QED) is 0.860. The van der Waals surface area contributed by atoms with Gasteiger partial charge in [-0.15, -0.1) is 0 Å². The van der Waals surface area contributed by atoms with E-state index in [1.807, 2.05) is 44.9 Å². The Balaban J connectivity index is 1.28. The number of H-pyrrole nitrogens is 1. The van der Waals surface area contributed by atoms with Gasteiger partial charge in [0.05, 0.1) is 11.0 Å². The lowest BCUT2D eigenvalue weighted by Gasteiger charge is -2.42. The number of aromatic nitrogens is 2. The number of benzene rings is 1. The second kappa shape index (κ2) is 7.52. The standard InChI is InChI=1S/C22H32N4O3/c1-22(2,3)29-21(28)26-10-8-25(9-11-26)14-15-12-16(13-15)17-6-5-7-18-19(17)24(4)20(27)23-18/h5-7,15-16H,8-14H2,1-4H3,(H,23,27)/t15-,16-. The lowest BCUT2D eigenvalue weighted by molar-refractivity contribution is 0.0117. The number of hydrogen-bond acceptors (Lipinski definition) is 4. The van der Waals surface area contributed by atoms with Crippen molar-refractivity contribution in [1.29, 1.82) is 0 Å². The third-order valence-electron chi connectivity index (χ3n) is 6.16. The Kier molecular flexibility index (Phi) is 5.19. The van der Waals surface area contributed by atoms with Gasteiger partial charge in [-0.3, -0.25) is 9.47 Å². The first kappa shape index (κ1) is 20.0. The maximum absolute atomic E-state index is 12.2. The Bertz CT molecular complexity index is 941. The number of nitrogens with zero attached hydrogens (tertiary/aromatic N) is 3. The molecule has 2 fully saturated rings. The average molecular weight is 401 g/mol. The lowest BCUT2D eigenvalue weighted by atomic mass is 9.71. The summed E-state index contributed by atoms with van der Waals surface area (Å²) in [7, 11) is 1.84. The van der Waals surface area contributed by atoms with E-state index in [1.54, 1.807) is 4.57 Å². The fourth-order valence-corrected chi connectivity index (χ4v) is 4.61. The zero-order chi connectivity index (χ0) is 20.8. The first-order chi connectivity index (χ1) is 13.7. The van der Waals surface area contributed by atoms with E-state index < -0.39 is 5.60 Å². The van der Waals surface area contributed by atoms with Crippen molar-refractivity contribution in [2.75, 3.05) is 32.7 Å². The van der Waals surface area contributed by atoms with Crippen molar-refractivity contribution in [3.8, 4) is 0 Å². The number of rotatable bonds is 3. The molecule has 1 aromatic carbocycles. The van der Waals surface area contributed by atoms with Crippen LogP contribution >= 0.6 is 0 Å². The molecule has 7 nitrogen and oxygen atoms in total. The summed E-state index contributed by atoms with van der Waals surface area (Å²) in [6.45, 7) is 10.1. The molecule has 0 atom stereocenters. The van der Waals surface area contributed by atoms with Crippen molar-refractivity contribution in [2.45, 2.75) is 45.1 Å². The number of ether oxygens (including phenoxy) is 1. The molecule has 0 spiro atoms. The van der Waals surface area contributed by atoms with Crippen LogP contribution in [0.5, 0.6) is 0 Å². The van der Waals surface area contributed by atoms with Gasteiger partial charge in [0.2, 0.25) is 0 Å². The van der Waals surface area contributed by atoms with Gasteiger partial charge >= 0.3 is 11.8 Å². The molecule has 1 aromatic heterocycles. The van der Waals surface area contributed by atoms with Crippen LogP contribution in [0.1, 0.15) is 45.1 Å². The molecule has 29 heavy (non-hydrogen) atoms. The van der Waals surface area contributed by atoms with Crippen LogP contribution in [-0.2, 0) is 11.8 Å². The highest BCUT2D eigenvalue weighted by molar-refractivity contribution is 5.79. The number of piperazine rings is 1. The van der Waals surface area contributed by atoms with Gasteiger partial charge in [-0.25, -0.2) is 9.59 Å². The Morgan fingerprint density at radius 2 is 1.86 bits per heavy atom. The van der Waals surface area contributed by atoms with Crippen LogP contribution < -0.4 is 5.69 Å². The number of carbonyl (C=O) groups is 1. The second-order valence-corrected chi connectivity index (χ2v) is 9.53. The van der Waals surface area contributed by atoms with Crippen LogP contribution in [-0.4, -0.2) is 63.8 Å². The van der Waals surface area contributed by atoms with E-state index in [9.17, 15) is 9.59 Å². The lowest BCUT2D eigenvalue weighted by Crippen LogP contribution is -2.51. The highest BCUT2D eigenvalue weighted by atomic mass is 16.6. The zero-order valence-corrected chi connectivity index (χ0v) is 17.9. The van der Waals surface area contributed by atoms with Gasteiger partial charge in [0.1, 0.15) is 5.60 Å². The smallest absolute Gasteiger partial charge is 0.410 e. The highest BCUT2D eigenvalue weighted by Crippen LogP contribution is 2.43. The normalized spacial score (nSPS) is 23.2. The molecule has 2 aliphatic rings. The van der Waals surface area contributed by atoms with Crippen molar-refractivity contribution in [3.05, 3.63) is 34.2 Å². The van der Waals surface area contributed by atoms with E-state index in [0.717, 1.165) is 56.6 Å². The summed E-state index contributed by atoms with van der Waals surface area (Å²) in [5.74, 6) is 1.20. The maximum atomic E-state index is 12.2. The van der Waals surface area contributed by atoms with Crippen LogP contribution in [0.15, 0.2) is 23.0 Å². The van der Waals surface area contributed by atoms with Gasteiger partial charge in [0.15, 0.2) is 0 Å². The SMILES string of the molecule is Cn1c(=O)[nH]c2cccc([C@H]3C[C@H](CN4CCN(C(=O)OC(C)(C)C)CC4)C3)c21.